The van der Waals surface area contributed by atoms with Gasteiger partial charge in [-0.2, -0.15) is 0 Å². The molecule has 0 aliphatic carbocycles. The van der Waals surface area contributed by atoms with Crippen LogP contribution in [0.5, 0.6) is 0 Å². The maximum Gasteiger partial charge on any atom is 0.194 e. The van der Waals surface area contributed by atoms with Crippen molar-refractivity contribution in [2.24, 2.45) is 5.41 Å². The van der Waals surface area contributed by atoms with E-state index in [1.165, 1.54) is 0 Å². The summed E-state index contributed by atoms with van der Waals surface area (Å²) < 4.78 is 7.17. The summed E-state index contributed by atoms with van der Waals surface area (Å²) >= 11 is 12.0. The number of halogens is 2. The van der Waals surface area contributed by atoms with Crippen LogP contribution in [0.25, 0.3) is 5.69 Å². The van der Waals surface area contributed by atoms with Gasteiger partial charge >= 0.3 is 0 Å². The van der Waals surface area contributed by atoms with Crippen molar-refractivity contribution in [1.29, 1.82) is 0 Å². The van der Waals surface area contributed by atoms with Crippen LogP contribution in [0.15, 0.2) is 67.0 Å². The van der Waals surface area contributed by atoms with Crippen molar-refractivity contribution in [3.63, 3.8) is 0 Å². The molecule has 3 rings (SSSR count). The Kier molecular flexibility index (Phi) is 8.51. The largest absolute Gasteiger partial charge is 0.381 e. The van der Waals surface area contributed by atoms with E-state index in [0.717, 1.165) is 18.9 Å². The van der Waals surface area contributed by atoms with Crippen molar-refractivity contribution in [3.8, 4) is 5.69 Å². The van der Waals surface area contributed by atoms with Gasteiger partial charge in [0.25, 0.3) is 0 Å². The minimum atomic E-state index is -0.137. The van der Waals surface area contributed by atoms with Crippen LogP contribution in [0.3, 0.4) is 0 Å². The zero-order valence-electron chi connectivity index (χ0n) is 17.3. The van der Waals surface area contributed by atoms with E-state index in [-0.39, 0.29) is 5.78 Å². The summed E-state index contributed by atoms with van der Waals surface area (Å²) in [6.45, 7) is 10.2. The molecule has 0 unspecified atom stereocenters. The zero-order chi connectivity index (χ0) is 21.4. The van der Waals surface area contributed by atoms with Crippen molar-refractivity contribution < 1.29 is 9.53 Å². The normalized spacial score (nSPS) is 11.0. The van der Waals surface area contributed by atoms with Crippen LogP contribution in [-0.4, -0.2) is 23.6 Å². The Morgan fingerprint density at radius 1 is 1.00 bits per heavy atom. The minimum Gasteiger partial charge on any atom is -0.381 e. The molecule has 29 heavy (non-hydrogen) atoms. The fraction of sp³-hybridized carbons (Fsp3) is 0.292. The summed E-state index contributed by atoms with van der Waals surface area (Å²) in [5, 5.41) is 0.894. The van der Waals surface area contributed by atoms with Gasteiger partial charge in [0.2, 0.25) is 0 Å². The maximum atomic E-state index is 12.5. The number of hydrogen-bond acceptors (Lipinski definition) is 2. The van der Waals surface area contributed by atoms with Crippen molar-refractivity contribution in [1.82, 2.24) is 4.57 Å². The van der Waals surface area contributed by atoms with E-state index in [2.05, 4.69) is 20.8 Å². The zero-order valence-corrected chi connectivity index (χ0v) is 18.8. The summed E-state index contributed by atoms with van der Waals surface area (Å²) in [5.41, 5.74) is 2.32. The molecule has 0 aliphatic heterocycles. The number of ketones is 1. The first-order valence-electron chi connectivity index (χ1n) is 9.52. The molecular formula is C24H27Cl2NO2. The first-order valence-corrected chi connectivity index (χ1v) is 10.3. The summed E-state index contributed by atoms with van der Waals surface area (Å²) in [7, 11) is 0. The molecule has 0 amide bonds. The highest BCUT2D eigenvalue weighted by atomic mass is 35.5. The topological polar surface area (TPSA) is 31.2 Å². The van der Waals surface area contributed by atoms with Crippen molar-refractivity contribution in [3.05, 3.63) is 88.2 Å². The minimum absolute atomic E-state index is 0.137. The Labute approximate surface area is 183 Å². The second kappa shape index (κ2) is 10.6. The van der Waals surface area contributed by atoms with E-state index >= 15 is 0 Å². The molecular weight excluding hydrogens is 405 g/mol. The summed E-state index contributed by atoms with van der Waals surface area (Å²) in [6.07, 6.45) is 3.90. The van der Waals surface area contributed by atoms with Gasteiger partial charge in [0.15, 0.2) is 5.78 Å². The van der Waals surface area contributed by atoms with E-state index in [0.29, 0.717) is 26.6 Å². The lowest BCUT2D eigenvalue weighted by Crippen LogP contribution is -2.14. The van der Waals surface area contributed by atoms with Crippen LogP contribution >= 0.6 is 23.2 Å². The highest BCUT2D eigenvalue weighted by Gasteiger charge is 2.13. The van der Waals surface area contributed by atoms with Crippen LogP contribution < -0.4 is 0 Å². The van der Waals surface area contributed by atoms with Gasteiger partial charge in [-0.3, -0.25) is 4.79 Å². The van der Waals surface area contributed by atoms with Crippen LogP contribution in [0, 0.1) is 5.41 Å². The molecule has 0 N–H and O–H groups in total. The molecule has 2 aromatic carbocycles. The predicted molar refractivity (Wildman–Crippen MR) is 122 cm³/mol. The molecule has 0 saturated heterocycles. The SMILES string of the molecule is CCOCC(C)(C)C.O=C(c1ccc(-n2cccc2)cc1)c1cc(Cl)ccc1Cl. The van der Waals surface area contributed by atoms with Gasteiger partial charge in [0.1, 0.15) is 0 Å². The lowest BCUT2D eigenvalue weighted by atomic mass is 9.99. The predicted octanol–water partition coefficient (Wildman–Crippen LogP) is 7.08. The number of benzene rings is 2. The fourth-order valence-corrected chi connectivity index (χ4v) is 2.90. The Hall–Kier alpha value is -2.07. The molecule has 1 aromatic heterocycles. The van der Waals surface area contributed by atoms with E-state index in [1.807, 2.05) is 48.1 Å². The number of rotatable bonds is 5. The highest BCUT2D eigenvalue weighted by Crippen LogP contribution is 2.24. The van der Waals surface area contributed by atoms with Crippen LogP contribution in [0.4, 0.5) is 0 Å². The van der Waals surface area contributed by atoms with E-state index < -0.39 is 0 Å². The van der Waals surface area contributed by atoms with E-state index in [1.54, 1.807) is 30.3 Å². The number of hydrogen-bond donors (Lipinski definition) is 0. The quantitative estimate of drug-likeness (QED) is 0.403. The Morgan fingerprint density at radius 2 is 1.62 bits per heavy atom. The lowest BCUT2D eigenvalue weighted by molar-refractivity contribution is 0.0805. The molecule has 1 heterocycles. The maximum absolute atomic E-state index is 12.5. The second-order valence-corrected chi connectivity index (χ2v) is 8.63. The molecule has 0 fully saturated rings. The monoisotopic (exact) mass is 431 g/mol. The van der Waals surface area contributed by atoms with Crippen LogP contribution in [0.2, 0.25) is 10.0 Å². The van der Waals surface area contributed by atoms with Gasteiger partial charge in [-0.05, 0) is 66.9 Å². The summed E-state index contributed by atoms with van der Waals surface area (Å²) in [4.78, 5) is 12.5. The van der Waals surface area contributed by atoms with E-state index in [4.69, 9.17) is 27.9 Å². The van der Waals surface area contributed by atoms with Gasteiger partial charge in [0.05, 0.1) is 11.6 Å². The Morgan fingerprint density at radius 3 is 2.14 bits per heavy atom. The molecule has 154 valence electrons. The third-order valence-electron chi connectivity index (χ3n) is 3.94. The van der Waals surface area contributed by atoms with Crippen molar-refractivity contribution >= 4 is 29.0 Å². The molecule has 0 spiro atoms. The number of nitrogens with zero attached hydrogens (tertiary/aromatic N) is 1. The van der Waals surface area contributed by atoms with Gasteiger partial charge < -0.3 is 9.30 Å². The standard InChI is InChI=1S/C17H11Cl2NO.C7H16O/c18-13-5-8-16(19)15(11-13)17(21)12-3-6-14(7-4-12)20-9-1-2-10-20;1-5-8-6-7(2,3)4/h1-11H;5-6H2,1-4H3. The third-order valence-corrected chi connectivity index (χ3v) is 4.51. The third kappa shape index (κ3) is 7.36. The van der Waals surface area contributed by atoms with Gasteiger partial charge in [-0.25, -0.2) is 0 Å². The van der Waals surface area contributed by atoms with Crippen LogP contribution in [-0.2, 0) is 4.74 Å². The molecule has 0 saturated carbocycles. The number of ether oxygens (including phenoxy) is 1. The molecule has 0 radical (unpaired) electrons. The fourth-order valence-electron chi connectivity index (χ4n) is 2.53. The van der Waals surface area contributed by atoms with E-state index in [9.17, 15) is 4.79 Å². The summed E-state index contributed by atoms with van der Waals surface area (Å²) in [5.74, 6) is -0.137. The molecule has 0 bridgehead atoms. The number of aromatic nitrogens is 1. The first-order chi connectivity index (χ1) is 13.7. The van der Waals surface area contributed by atoms with Gasteiger partial charge in [-0.1, -0.05) is 44.0 Å². The molecule has 0 aliphatic rings. The van der Waals surface area contributed by atoms with Crippen molar-refractivity contribution in [2.75, 3.05) is 13.2 Å². The average Bonchev–Trinajstić information content (AvgIpc) is 3.22. The Bertz CT molecular complexity index is 911. The second-order valence-electron chi connectivity index (χ2n) is 7.79. The van der Waals surface area contributed by atoms with Gasteiger partial charge in [-0.15, -0.1) is 0 Å². The average molecular weight is 432 g/mol. The van der Waals surface area contributed by atoms with Crippen molar-refractivity contribution in [2.45, 2.75) is 27.7 Å². The first kappa shape index (κ1) is 23.2. The van der Waals surface area contributed by atoms with Gasteiger partial charge in [0, 0.05) is 40.8 Å². The number of carbonyl (C=O) groups excluding carboxylic acids is 1. The van der Waals surface area contributed by atoms with Crippen LogP contribution in [0.1, 0.15) is 43.6 Å². The highest BCUT2D eigenvalue weighted by molar-refractivity contribution is 6.36. The smallest absolute Gasteiger partial charge is 0.194 e. The molecule has 5 heteroatoms. The number of carbonyl (C=O) groups is 1. The lowest BCUT2D eigenvalue weighted by Gasteiger charge is -2.16. The molecule has 3 nitrogen and oxygen atoms in total. The summed E-state index contributed by atoms with van der Waals surface area (Å²) in [6, 6.07) is 16.1. The molecule has 3 aromatic rings. The Balaban J connectivity index is 0.000000321. The molecule has 0 atom stereocenters.